The first-order valence-corrected chi connectivity index (χ1v) is 6.20. The van der Waals surface area contributed by atoms with Crippen molar-refractivity contribution in [2.45, 2.75) is 12.8 Å². The van der Waals surface area contributed by atoms with Crippen LogP contribution in [0.3, 0.4) is 0 Å². The number of fused-ring (bicyclic) bond motifs is 1. The molecule has 3 rings (SSSR count). The van der Waals surface area contributed by atoms with Crippen LogP contribution in [0.4, 0.5) is 0 Å². The maximum absolute atomic E-state index is 5.41. The lowest BCUT2D eigenvalue weighted by molar-refractivity contribution is 0.324. The van der Waals surface area contributed by atoms with Gasteiger partial charge < -0.3 is 5.32 Å². The van der Waals surface area contributed by atoms with Gasteiger partial charge in [0.2, 0.25) is 0 Å². The summed E-state index contributed by atoms with van der Waals surface area (Å²) >= 11 is 0. The molecule has 2 heterocycles. The molecule has 2 nitrogen and oxygen atoms in total. The van der Waals surface area contributed by atoms with Crippen LogP contribution in [0.2, 0.25) is 0 Å². The minimum Gasteiger partial charge on any atom is -0.316 e. The smallest absolute Gasteiger partial charge is 0.0432 e. The summed E-state index contributed by atoms with van der Waals surface area (Å²) in [4.78, 5) is 4.22. The van der Waals surface area contributed by atoms with Gasteiger partial charge >= 0.3 is 0 Å². The lowest BCUT2D eigenvalue weighted by Crippen LogP contribution is -2.33. The zero-order valence-electron chi connectivity index (χ0n) is 9.82. The van der Waals surface area contributed by atoms with Crippen LogP contribution in [0.1, 0.15) is 24.0 Å². The van der Waals surface area contributed by atoms with Crippen molar-refractivity contribution in [3.8, 4) is 12.3 Å². The highest BCUT2D eigenvalue weighted by atomic mass is 14.9. The Bertz CT molecular complexity index is 496. The number of hydrogen-bond acceptors (Lipinski definition) is 2. The molecule has 1 N–H and O–H groups in total. The highest BCUT2D eigenvalue weighted by Gasteiger charge is 2.30. The van der Waals surface area contributed by atoms with E-state index in [0.717, 1.165) is 36.9 Å². The molecule has 1 fully saturated rings. The molecule has 86 valence electrons. The van der Waals surface area contributed by atoms with Crippen molar-refractivity contribution in [3.63, 3.8) is 0 Å². The number of rotatable bonds is 1. The van der Waals surface area contributed by atoms with E-state index >= 15 is 0 Å². The second-order valence-corrected chi connectivity index (χ2v) is 4.92. The summed E-state index contributed by atoms with van der Waals surface area (Å²) in [6, 6.07) is 2.07. The van der Waals surface area contributed by atoms with Gasteiger partial charge in [0.1, 0.15) is 0 Å². The molecular formula is C15H16N2. The monoisotopic (exact) mass is 224 g/mol. The number of aromatic nitrogens is 1. The molecule has 1 aromatic heterocycles. The normalized spacial score (nSPS) is 27.1. The molecule has 1 aliphatic carbocycles. The van der Waals surface area contributed by atoms with E-state index in [1.165, 1.54) is 17.6 Å². The van der Waals surface area contributed by atoms with Gasteiger partial charge in [-0.2, -0.15) is 0 Å². The van der Waals surface area contributed by atoms with Crippen LogP contribution in [0.5, 0.6) is 0 Å². The highest BCUT2D eigenvalue weighted by Crippen LogP contribution is 2.38. The van der Waals surface area contributed by atoms with Gasteiger partial charge in [0, 0.05) is 18.0 Å². The topological polar surface area (TPSA) is 24.9 Å². The first-order valence-electron chi connectivity index (χ1n) is 6.20. The van der Waals surface area contributed by atoms with E-state index in [1.807, 2.05) is 6.20 Å². The van der Waals surface area contributed by atoms with Crippen LogP contribution < -0.4 is 5.32 Å². The lowest BCUT2D eigenvalue weighted by atomic mass is 9.89. The highest BCUT2D eigenvalue weighted by molar-refractivity contribution is 5.68. The standard InChI is InChI=1S/C15H16N2/c1-2-11-5-14(10-17-8-11)13-6-12-3-4-16-9-15(12)7-13/h1,5-6,8,10,12,15-16H,3-4,7,9H2/t12-,15-/m0/s1. The lowest BCUT2D eigenvalue weighted by Gasteiger charge is -2.25. The van der Waals surface area contributed by atoms with Crippen molar-refractivity contribution in [2.24, 2.45) is 11.8 Å². The summed E-state index contributed by atoms with van der Waals surface area (Å²) < 4.78 is 0. The fraction of sp³-hybridized carbons (Fsp3) is 0.400. The SMILES string of the molecule is C#Cc1cncc(C2=C[C@@H]3CCNC[C@@H]3C2)c1. The van der Waals surface area contributed by atoms with Crippen molar-refractivity contribution in [3.05, 3.63) is 35.7 Å². The van der Waals surface area contributed by atoms with E-state index in [4.69, 9.17) is 6.42 Å². The van der Waals surface area contributed by atoms with Crippen LogP contribution in [0.25, 0.3) is 5.57 Å². The van der Waals surface area contributed by atoms with Crippen LogP contribution in [0.15, 0.2) is 24.5 Å². The second kappa shape index (κ2) is 4.35. The first kappa shape index (κ1) is 10.6. The molecule has 0 bridgehead atoms. The number of nitrogens with zero attached hydrogens (tertiary/aromatic N) is 1. The third-order valence-corrected chi connectivity index (χ3v) is 3.84. The molecule has 0 unspecified atom stereocenters. The molecule has 0 saturated carbocycles. The van der Waals surface area contributed by atoms with Crippen molar-refractivity contribution in [1.29, 1.82) is 0 Å². The summed E-state index contributed by atoms with van der Waals surface area (Å²) in [6.07, 6.45) is 13.9. The predicted molar refractivity (Wildman–Crippen MR) is 69.2 cm³/mol. The van der Waals surface area contributed by atoms with E-state index in [1.54, 1.807) is 6.20 Å². The molecular weight excluding hydrogens is 208 g/mol. The molecule has 1 aliphatic heterocycles. The zero-order chi connectivity index (χ0) is 11.7. The fourth-order valence-electron chi connectivity index (χ4n) is 2.90. The van der Waals surface area contributed by atoms with Crippen molar-refractivity contribution >= 4 is 5.57 Å². The fourth-order valence-corrected chi connectivity index (χ4v) is 2.90. The molecule has 2 aliphatic rings. The Morgan fingerprint density at radius 2 is 2.35 bits per heavy atom. The van der Waals surface area contributed by atoms with Gasteiger partial charge in [-0.25, -0.2) is 0 Å². The van der Waals surface area contributed by atoms with E-state index in [0.29, 0.717) is 0 Å². The largest absolute Gasteiger partial charge is 0.316 e. The van der Waals surface area contributed by atoms with Crippen molar-refractivity contribution < 1.29 is 0 Å². The minimum absolute atomic E-state index is 0.751. The second-order valence-electron chi connectivity index (χ2n) is 4.92. The van der Waals surface area contributed by atoms with Gasteiger partial charge in [0.15, 0.2) is 0 Å². The molecule has 1 saturated heterocycles. The molecule has 0 amide bonds. The molecule has 0 spiro atoms. The maximum Gasteiger partial charge on any atom is 0.0432 e. The Balaban J connectivity index is 1.87. The Kier molecular flexibility index (Phi) is 2.70. The molecule has 0 radical (unpaired) electrons. The predicted octanol–water partition coefficient (Wildman–Crippen LogP) is 2.08. The summed E-state index contributed by atoms with van der Waals surface area (Å²) in [5, 5.41) is 3.47. The van der Waals surface area contributed by atoms with E-state index in [-0.39, 0.29) is 0 Å². The third-order valence-electron chi connectivity index (χ3n) is 3.84. The molecule has 1 aromatic rings. The average Bonchev–Trinajstić information content (AvgIpc) is 2.82. The molecule has 2 heteroatoms. The van der Waals surface area contributed by atoms with Crippen molar-refractivity contribution in [2.75, 3.05) is 13.1 Å². The van der Waals surface area contributed by atoms with E-state index in [2.05, 4.69) is 28.4 Å². The zero-order valence-corrected chi connectivity index (χ0v) is 9.82. The maximum atomic E-state index is 5.41. The number of piperidine rings is 1. The van der Waals surface area contributed by atoms with E-state index in [9.17, 15) is 0 Å². The molecule has 0 aromatic carbocycles. The van der Waals surface area contributed by atoms with Gasteiger partial charge in [-0.3, -0.25) is 4.98 Å². The van der Waals surface area contributed by atoms with Crippen molar-refractivity contribution in [1.82, 2.24) is 10.3 Å². The number of allylic oxidation sites excluding steroid dienone is 2. The van der Waals surface area contributed by atoms with Gasteiger partial charge in [0.25, 0.3) is 0 Å². The van der Waals surface area contributed by atoms with E-state index < -0.39 is 0 Å². The van der Waals surface area contributed by atoms with Crippen LogP contribution in [-0.2, 0) is 0 Å². The number of hydrogen-bond donors (Lipinski definition) is 1. The van der Waals surface area contributed by atoms with Gasteiger partial charge in [-0.15, -0.1) is 6.42 Å². The quantitative estimate of drug-likeness (QED) is 0.739. The summed E-state index contributed by atoms with van der Waals surface area (Å²) in [6.45, 7) is 2.29. The Morgan fingerprint density at radius 3 is 3.18 bits per heavy atom. The number of nitrogens with one attached hydrogen (secondary N) is 1. The first-order chi connectivity index (χ1) is 8.36. The summed E-state index contributed by atoms with van der Waals surface area (Å²) in [5.74, 6) is 4.17. The molecule has 17 heavy (non-hydrogen) atoms. The molecule has 2 atom stereocenters. The Hall–Kier alpha value is -1.59. The van der Waals surface area contributed by atoms with Crippen LogP contribution >= 0.6 is 0 Å². The number of terminal acetylenes is 1. The summed E-state index contributed by atoms with van der Waals surface area (Å²) in [7, 11) is 0. The van der Waals surface area contributed by atoms with Gasteiger partial charge in [-0.1, -0.05) is 12.0 Å². The Labute approximate surface area is 102 Å². The summed E-state index contributed by atoms with van der Waals surface area (Å²) in [5.41, 5.74) is 3.50. The average molecular weight is 224 g/mol. The van der Waals surface area contributed by atoms with Crippen LogP contribution in [0, 0.1) is 24.2 Å². The Morgan fingerprint density at radius 1 is 1.41 bits per heavy atom. The van der Waals surface area contributed by atoms with Gasteiger partial charge in [0.05, 0.1) is 0 Å². The van der Waals surface area contributed by atoms with Gasteiger partial charge in [-0.05, 0) is 55.0 Å². The third kappa shape index (κ3) is 1.99. The minimum atomic E-state index is 0.751. The number of pyridine rings is 1. The van der Waals surface area contributed by atoms with Crippen LogP contribution in [-0.4, -0.2) is 18.1 Å².